The van der Waals surface area contributed by atoms with Crippen LogP contribution >= 0.6 is 0 Å². The highest BCUT2D eigenvalue weighted by Crippen LogP contribution is 2.29. The van der Waals surface area contributed by atoms with E-state index in [2.05, 4.69) is 29.8 Å². The number of nitrogen functional groups attached to an aromatic ring is 1. The SMILES string of the molecule is CC1CN(C)CCN1c1cccc(C#N)c1N. The fourth-order valence-corrected chi connectivity index (χ4v) is 2.40. The Morgan fingerprint density at radius 2 is 2.18 bits per heavy atom. The zero-order valence-corrected chi connectivity index (χ0v) is 10.3. The molecule has 4 nitrogen and oxygen atoms in total. The number of nitrogens with zero attached hydrogens (tertiary/aromatic N) is 3. The van der Waals surface area contributed by atoms with Crippen molar-refractivity contribution in [2.45, 2.75) is 13.0 Å². The summed E-state index contributed by atoms with van der Waals surface area (Å²) < 4.78 is 0. The smallest absolute Gasteiger partial charge is 0.101 e. The lowest BCUT2D eigenvalue weighted by molar-refractivity contribution is 0.276. The quantitative estimate of drug-likeness (QED) is 0.738. The first-order valence-corrected chi connectivity index (χ1v) is 5.87. The predicted octanol–water partition coefficient (Wildman–Crippen LogP) is 1.28. The van der Waals surface area contributed by atoms with Crippen molar-refractivity contribution in [2.75, 3.05) is 37.3 Å². The first-order chi connectivity index (χ1) is 8.13. The van der Waals surface area contributed by atoms with E-state index < -0.39 is 0 Å². The summed E-state index contributed by atoms with van der Waals surface area (Å²) in [4.78, 5) is 4.60. The van der Waals surface area contributed by atoms with Gasteiger partial charge in [0.25, 0.3) is 0 Å². The number of piperazine rings is 1. The largest absolute Gasteiger partial charge is 0.396 e. The molecule has 0 radical (unpaired) electrons. The van der Waals surface area contributed by atoms with Crippen molar-refractivity contribution in [1.82, 2.24) is 4.90 Å². The van der Waals surface area contributed by atoms with Crippen molar-refractivity contribution in [3.63, 3.8) is 0 Å². The molecule has 1 aliphatic heterocycles. The van der Waals surface area contributed by atoms with Gasteiger partial charge in [0.2, 0.25) is 0 Å². The van der Waals surface area contributed by atoms with Gasteiger partial charge in [-0.25, -0.2) is 0 Å². The minimum absolute atomic E-state index is 0.421. The second-order valence-electron chi connectivity index (χ2n) is 4.65. The molecule has 1 saturated heterocycles. The molecule has 1 aromatic carbocycles. The molecule has 1 aliphatic rings. The molecule has 2 N–H and O–H groups in total. The summed E-state index contributed by atoms with van der Waals surface area (Å²) in [6, 6.07) is 8.22. The summed E-state index contributed by atoms with van der Waals surface area (Å²) in [7, 11) is 2.13. The average Bonchev–Trinajstić information content (AvgIpc) is 2.30. The molecule has 1 fully saturated rings. The van der Waals surface area contributed by atoms with Gasteiger partial charge in [-0.15, -0.1) is 0 Å². The highest BCUT2D eigenvalue weighted by molar-refractivity contribution is 5.74. The third kappa shape index (κ3) is 2.20. The molecule has 0 spiro atoms. The molecule has 1 unspecified atom stereocenters. The topological polar surface area (TPSA) is 56.3 Å². The molecule has 0 aliphatic carbocycles. The maximum atomic E-state index is 8.99. The lowest BCUT2D eigenvalue weighted by Gasteiger charge is -2.40. The van der Waals surface area contributed by atoms with Gasteiger partial charge >= 0.3 is 0 Å². The van der Waals surface area contributed by atoms with E-state index in [0.29, 0.717) is 17.3 Å². The fraction of sp³-hybridized carbons (Fsp3) is 0.462. The Balaban J connectivity index is 2.32. The van der Waals surface area contributed by atoms with Crippen molar-refractivity contribution in [3.05, 3.63) is 23.8 Å². The Morgan fingerprint density at radius 3 is 2.82 bits per heavy atom. The lowest BCUT2D eigenvalue weighted by Crippen LogP contribution is -2.50. The first kappa shape index (κ1) is 11.7. The summed E-state index contributed by atoms with van der Waals surface area (Å²) in [5.41, 5.74) is 8.20. The van der Waals surface area contributed by atoms with Gasteiger partial charge in [0.05, 0.1) is 16.9 Å². The van der Waals surface area contributed by atoms with E-state index in [-0.39, 0.29) is 0 Å². The van der Waals surface area contributed by atoms with Crippen LogP contribution in [0.25, 0.3) is 0 Å². The van der Waals surface area contributed by atoms with Crippen molar-refractivity contribution < 1.29 is 0 Å². The molecule has 1 atom stereocenters. The lowest BCUT2D eigenvalue weighted by atomic mass is 10.1. The molecule has 1 aromatic rings. The van der Waals surface area contributed by atoms with Crippen molar-refractivity contribution in [3.8, 4) is 6.07 Å². The Kier molecular flexibility index (Phi) is 3.21. The number of likely N-dealkylation sites (N-methyl/N-ethyl adjacent to an activating group) is 1. The van der Waals surface area contributed by atoms with E-state index in [1.54, 1.807) is 6.07 Å². The van der Waals surface area contributed by atoms with Crippen LogP contribution in [0.4, 0.5) is 11.4 Å². The van der Waals surface area contributed by atoms with Crippen LogP contribution in [0.15, 0.2) is 18.2 Å². The van der Waals surface area contributed by atoms with Crippen LogP contribution < -0.4 is 10.6 Å². The Labute approximate surface area is 102 Å². The van der Waals surface area contributed by atoms with Crippen LogP contribution in [-0.4, -0.2) is 37.6 Å². The number of benzene rings is 1. The molecule has 17 heavy (non-hydrogen) atoms. The van der Waals surface area contributed by atoms with Gasteiger partial charge in [-0.3, -0.25) is 0 Å². The van der Waals surface area contributed by atoms with E-state index in [1.165, 1.54) is 0 Å². The summed E-state index contributed by atoms with van der Waals surface area (Å²) in [6.45, 7) is 5.20. The van der Waals surface area contributed by atoms with Crippen molar-refractivity contribution >= 4 is 11.4 Å². The summed E-state index contributed by atoms with van der Waals surface area (Å²) >= 11 is 0. The van der Waals surface area contributed by atoms with Gasteiger partial charge in [0, 0.05) is 25.7 Å². The number of anilines is 2. The zero-order valence-electron chi connectivity index (χ0n) is 10.3. The molecule has 4 heteroatoms. The molecular weight excluding hydrogens is 212 g/mol. The van der Waals surface area contributed by atoms with Crippen molar-refractivity contribution in [1.29, 1.82) is 5.26 Å². The third-order valence-electron chi connectivity index (χ3n) is 3.34. The fourth-order valence-electron chi connectivity index (χ4n) is 2.40. The highest BCUT2D eigenvalue weighted by Gasteiger charge is 2.23. The predicted molar refractivity (Wildman–Crippen MR) is 69.9 cm³/mol. The molecule has 0 amide bonds. The molecule has 90 valence electrons. The van der Waals surface area contributed by atoms with Gasteiger partial charge in [0.15, 0.2) is 0 Å². The number of rotatable bonds is 1. The molecular formula is C13H18N4. The first-order valence-electron chi connectivity index (χ1n) is 5.87. The van der Waals surface area contributed by atoms with Gasteiger partial charge < -0.3 is 15.5 Å². The second-order valence-corrected chi connectivity index (χ2v) is 4.65. The van der Waals surface area contributed by atoms with E-state index in [4.69, 9.17) is 11.0 Å². The van der Waals surface area contributed by atoms with E-state index in [0.717, 1.165) is 25.3 Å². The van der Waals surface area contributed by atoms with Gasteiger partial charge in [-0.2, -0.15) is 5.26 Å². The Morgan fingerprint density at radius 1 is 1.41 bits per heavy atom. The van der Waals surface area contributed by atoms with Crippen LogP contribution in [0, 0.1) is 11.3 Å². The summed E-state index contributed by atoms with van der Waals surface area (Å²) in [6.07, 6.45) is 0. The number of hydrogen-bond donors (Lipinski definition) is 1. The standard InChI is InChI=1S/C13H18N4/c1-10-9-16(2)6-7-17(10)12-5-3-4-11(8-14)13(12)15/h3-5,10H,6-7,9,15H2,1-2H3. The molecule has 2 rings (SSSR count). The van der Waals surface area contributed by atoms with Crippen LogP contribution in [-0.2, 0) is 0 Å². The Bertz CT molecular complexity index is 449. The average molecular weight is 230 g/mol. The number of nitriles is 1. The minimum atomic E-state index is 0.421. The second kappa shape index (κ2) is 4.64. The van der Waals surface area contributed by atoms with Crippen LogP contribution in [0.5, 0.6) is 0 Å². The molecule has 0 aromatic heterocycles. The monoisotopic (exact) mass is 230 g/mol. The zero-order chi connectivity index (χ0) is 12.4. The van der Waals surface area contributed by atoms with Crippen LogP contribution in [0.2, 0.25) is 0 Å². The number of hydrogen-bond acceptors (Lipinski definition) is 4. The minimum Gasteiger partial charge on any atom is -0.396 e. The number of para-hydroxylation sites is 1. The Hall–Kier alpha value is -1.73. The normalized spacial score (nSPS) is 21.2. The van der Waals surface area contributed by atoms with Crippen LogP contribution in [0.1, 0.15) is 12.5 Å². The van der Waals surface area contributed by atoms with E-state index in [1.807, 2.05) is 12.1 Å². The van der Waals surface area contributed by atoms with Crippen LogP contribution in [0.3, 0.4) is 0 Å². The molecule has 0 saturated carbocycles. The van der Waals surface area contributed by atoms with Gasteiger partial charge in [0.1, 0.15) is 6.07 Å². The van der Waals surface area contributed by atoms with Crippen molar-refractivity contribution in [2.24, 2.45) is 0 Å². The summed E-state index contributed by atoms with van der Waals surface area (Å²) in [5.74, 6) is 0. The van der Waals surface area contributed by atoms with Gasteiger partial charge in [-0.1, -0.05) is 6.07 Å². The van der Waals surface area contributed by atoms with E-state index in [9.17, 15) is 0 Å². The maximum Gasteiger partial charge on any atom is 0.101 e. The maximum absolute atomic E-state index is 8.99. The van der Waals surface area contributed by atoms with Gasteiger partial charge in [-0.05, 0) is 26.1 Å². The summed E-state index contributed by atoms with van der Waals surface area (Å²) in [5, 5.41) is 8.99. The highest BCUT2D eigenvalue weighted by atomic mass is 15.3. The van der Waals surface area contributed by atoms with E-state index >= 15 is 0 Å². The number of nitrogens with two attached hydrogens (primary N) is 1. The molecule has 0 bridgehead atoms. The third-order valence-corrected chi connectivity index (χ3v) is 3.34. The molecule has 1 heterocycles.